The Morgan fingerprint density at radius 3 is 2.70 bits per heavy atom. The third-order valence-corrected chi connectivity index (χ3v) is 5.21. The zero-order chi connectivity index (χ0) is 18.8. The van der Waals surface area contributed by atoms with Gasteiger partial charge in [-0.1, -0.05) is 23.7 Å². The van der Waals surface area contributed by atoms with E-state index in [-0.39, 0.29) is 5.56 Å². The molecule has 2 heterocycles. The second-order valence-corrected chi connectivity index (χ2v) is 7.21. The predicted molar refractivity (Wildman–Crippen MR) is 105 cm³/mol. The van der Waals surface area contributed by atoms with E-state index in [1.165, 1.54) is 6.20 Å². The normalized spacial score (nSPS) is 14.3. The van der Waals surface area contributed by atoms with Crippen molar-refractivity contribution in [3.8, 4) is 16.9 Å². The summed E-state index contributed by atoms with van der Waals surface area (Å²) in [5.74, 6) is 0.539. The third-order valence-electron chi connectivity index (χ3n) is 4.90. The van der Waals surface area contributed by atoms with Gasteiger partial charge >= 0.3 is 5.97 Å². The molecular formula is C21H20ClNO4. The first-order chi connectivity index (χ1) is 13.1. The lowest BCUT2D eigenvalue weighted by atomic mass is 10.0. The minimum absolute atomic E-state index is 0.236. The van der Waals surface area contributed by atoms with Crippen molar-refractivity contribution in [2.45, 2.75) is 12.8 Å². The average Bonchev–Trinajstić information content (AvgIpc) is 3.03. The topological polar surface area (TPSA) is 71.5 Å². The number of benzene rings is 2. The molecule has 0 amide bonds. The van der Waals surface area contributed by atoms with Crippen molar-refractivity contribution >= 4 is 28.5 Å². The highest BCUT2D eigenvalue weighted by atomic mass is 35.5. The summed E-state index contributed by atoms with van der Waals surface area (Å²) in [5.41, 5.74) is 2.65. The number of carboxylic acid groups (broad SMARTS) is 1. The average molecular weight is 386 g/mol. The van der Waals surface area contributed by atoms with E-state index in [1.54, 1.807) is 6.07 Å². The van der Waals surface area contributed by atoms with Crippen molar-refractivity contribution in [1.29, 1.82) is 0 Å². The minimum Gasteiger partial charge on any atom is -0.494 e. The number of aromatic amines is 1. The number of H-pyrrole nitrogens is 1. The number of hydrogen-bond donors (Lipinski definition) is 2. The first-order valence-corrected chi connectivity index (χ1v) is 9.34. The number of fused-ring (bicyclic) bond motifs is 1. The van der Waals surface area contributed by atoms with E-state index in [9.17, 15) is 9.90 Å². The van der Waals surface area contributed by atoms with Gasteiger partial charge in [0, 0.05) is 28.6 Å². The minimum atomic E-state index is -0.966. The summed E-state index contributed by atoms with van der Waals surface area (Å²) < 4.78 is 11.0. The molecule has 1 aliphatic rings. The Morgan fingerprint density at radius 2 is 2.04 bits per heavy atom. The fraction of sp³-hybridized carbons (Fsp3) is 0.286. The van der Waals surface area contributed by atoms with Crippen LogP contribution in [0.3, 0.4) is 0 Å². The van der Waals surface area contributed by atoms with Crippen molar-refractivity contribution < 1.29 is 19.4 Å². The highest BCUT2D eigenvalue weighted by Gasteiger charge is 2.17. The Hall–Kier alpha value is -2.50. The number of aromatic carboxylic acids is 1. The largest absolute Gasteiger partial charge is 0.494 e. The molecule has 4 rings (SSSR count). The molecule has 0 aliphatic carbocycles. The zero-order valence-corrected chi connectivity index (χ0v) is 15.5. The molecule has 0 unspecified atom stereocenters. The Labute approximate surface area is 161 Å². The van der Waals surface area contributed by atoms with Crippen molar-refractivity contribution in [3.05, 3.63) is 53.2 Å². The molecule has 2 N–H and O–H groups in total. The molecule has 5 nitrogen and oxygen atoms in total. The van der Waals surface area contributed by atoms with E-state index in [0.29, 0.717) is 28.5 Å². The van der Waals surface area contributed by atoms with Crippen LogP contribution in [0.1, 0.15) is 23.2 Å². The van der Waals surface area contributed by atoms with Crippen molar-refractivity contribution in [2.75, 3.05) is 19.8 Å². The molecule has 140 valence electrons. The number of nitrogens with one attached hydrogen (secondary N) is 1. The summed E-state index contributed by atoms with van der Waals surface area (Å²) in [7, 11) is 0. The number of halogens is 1. The molecule has 0 radical (unpaired) electrons. The summed E-state index contributed by atoms with van der Waals surface area (Å²) in [4.78, 5) is 14.3. The number of rotatable bonds is 7. The molecule has 1 aromatic heterocycles. The fourth-order valence-corrected chi connectivity index (χ4v) is 3.56. The highest BCUT2D eigenvalue weighted by molar-refractivity contribution is 6.34. The van der Waals surface area contributed by atoms with Crippen LogP contribution in [0.5, 0.6) is 5.75 Å². The lowest BCUT2D eigenvalue weighted by molar-refractivity contribution is -0.0373. The number of carbonyl (C=O) groups is 1. The Kier molecular flexibility index (Phi) is 5.05. The number of aromatic nitrogens is 1. The fourth-order valence-electron chi connectivity index (χ4n) is 3.29. The third kappa shape index (κ3) is 3.80. The maximum atomic E-state index is 11.4. The molecular weight excluding hydrogens is 366 g/mol. The van der Waals surface area contributed by atoms with Crippen molar-refractivity contribution in [3.63, 3.8) is 0 Å². The summed E-state index contributed by atoms with van der Waals surface area (Å²) in [6, 6.07) is 11.3. The van der Waals surface area contributed by atoms with Gasteiger partial charge in [-0.15, -0.1) is 0 Å². The highest BCUT2D eigenvalue weighted by Crippen LogP contribution is 2.34. The van der Waals surface area contributed by atoms with Crippen molar-refractivity contribution in [2.24, 2.45) is 5.92 Å². The van der Waals surface area contributed by atoms with Crippen LogP contribution in [0.2, 0.25) is 5.02 Å². The van der Waals surface area contributed by atoms with Gasteiger partial charge in [-0.25, -0.2) is 4.79 Å². The SMILES string of the molecule is O=C(O)c1c[nH]c2cc(Cl)c(-c3ccc(OCCCC4COC4)cc3)cc12. The van der Waals surface area contributed by atoms with Gasteiger partial charge in [0.15, 0.2) is 0 Å². The first kappa shape index (κ1) is 17.9. The van der Waals surface area contributed by atoms with E-state index in [2.05, 4.69) is 4.98 Å². The van der Waals surface area contributed by atoms with Gasteiger partial charge in [0.2, 0.25) is 0 Å². The van der Waals surface area contributed by atoms with Crippen LogP contribution in [-0.2, 0) is 4.74 Å². The Morgan fingerprint density at radius 1 is 1.26 bits per heavy atom. The van der Waals surface area contributed by atoms with Gasteiger partial charge in [-0.05, 0) is 42.7 Å². The number of carboxylic acids is 1. The van der Waals surface area contributed by atoms with E-state index < -0.39 is 5.97 Å². The van der Waals surface area contributed by atoms with Crippen LogP contribution in [0.25, 0.3) is 22.0 Å². The van der Waals surface area contributed by atoms with Crippen LogP contribution in [0, 0.1) is 5.92 Å². The number of ether oxygens (including phenoxy) is 2. The molecule has 0 saturated carbocycles. The second kappa shape index (κ2) is 7.62. The maximum absolute atomic E-state index is 11.4. The van der Waals surface area contributed by atoms with E-state index in [0.717, 1.165) is 42.9 Å². The van der Waals surface area contributed by atoms with Crippen LogP contribution in [-0.4, -0.2) is 35.9 Å². The lowest BCUT2D eigenvalue weighted by Crippen LogP contribution is -2.27. The van der Waals surface area contributed by atoms with Gasteiger partial charge in [0.05, 0.1) is 30.4 Å². The molecule has 1 saturated heterocycles. The first-order valence-electron chi connectivity index (χ1n) is 8.97. The van der Waals surface area contributed by atoms with Gasteiger partial charge in [-0.2, -0.15) is 0 Å². The predicted octanol–water partition coefficient (Wildman–Crippen LogP) is 4.99. The second-order valence-electron chi connectivity index (χ2n) is 6.80. The maximum Gasteiger partial charge on any atom is 0.337 e. The summed E-state index contributed by atoms with van der Waals surface area (Å²) >= 11 is 6.41. The molecule has 0 atom stereocenters. The Balaban J connectivity index is 1.48. The van der Waals surface area contributed by atoms with E-state index >= 15 is 0 Å². The molecule has 6 heteroatoms. The molecule has 3 aromatic rings. The lowest BCUT2D eigenvalue weighted by Gasteiger charge is -2.25. The summed E-state index contributed by atoms with van der Waals surface area (Å²) in [6.45, 7) is 2.45. The number of hydrogen-bond acceptors (Lipinski definition) is 3. The van der Waals surface area contributed by atoms with Gasteiger partial charge in [0.25, 0.3) is 0 Å². The molecule has 27 heavy (non-hydrogen) atoms. The molecule has 0 spiro atoms. The van der Waals surface area contributed by atoms with Crippen LogP contribution < -0.4 is 4.74 Å². The van der Waals surface area contributed by atoms with Gasteiger partial charge < -0.3 is 19.6 Å². The quantitative estimate of drug-likeness (QED) is 0.562. The van der Waals surface area contributed by atoms with E-state index in [1.807, 2.05) is 30.3 Å². The van der Waals surface area contributed by atoms with Crippen molar-refractivity contribution in [1.82, 2.24) is 4.98 Å². The smallest absolute Gasteiger partial charge is 0.337 e. The molecule has 1 aliphatic heterocycles. The molecule has 1 fully saturated rings. The van der Waals surface area contributed by atoms with Crippen LogP contribution in [0.15, 0.2) is 42.6 Å². The summed E-state index contributed by atoms with van der Waals surface area (Å²) in [6.07, 6.45) is 3.64. The van der Waals surface area contributed by atoms with Crippen LogP contribution in [0.4, 0.5) is 0 Å². The molecule has 2 aromatic carbocycles. The standard InChI is InChI=1S/C21H20ClNO4/c22-19-9-20-17(18(10-23-20)21(24)25)8-16(19)14-3-5-15(6-4-14)27-7-1-2-13-11-26-12-13/h3-6,8-10,13,23H,1-2,7,11-12H2,(H,24,25). The van der Waals surface area contributed by atoms with E-state index in [4.69, 9.17) is 21.1 Å². The zero-order valence-electron chi connectivity index (χ0n) is 14.7. The van der Waals surface area contributed by atoms with Crippen LogP contribution >= 0.6 is 11.6 Å². The van der Waals surface area contributed by atoms with Gasteiger partial charge in [0.1, 0.15) is 5.75 Å². The Bertz CT molecular complexity index is 960. The molecule has 0 bridgehead atoms. The summed E-state index contributed by atoms with van der Waals surface area (Å²) in [5, 5.41) is 10.5. The van der Waals surface area contributed by atoms with Gasteiger partial charge in [-0.3, -0.25) is 0 Å². The monoisotopic (exact) mass is 385 g/mol.